The van der Waals surface area contributed by atoms with E-state index >= 15 is 0 Å². The molecule has 7 amide bonds. The molecule has 2 aromatic carbocycles. The zero-order valence-electron chi connectivity index (χ0n) is 53.3. The number of hydrogen-bond donors (Lipinski definition) is 6. The van der Waals surface area contributed by atoms with Crippen LogP contribution in [0.5, 0.6) is 5.75 Å². The number of halogens is 1. The molecule has 4 bridgehead atoms. The van der Waals surface area contributed by atoms with Crippen LogP contribution in [0.15, 0.2) is 66.3 Å². The molecule has 8 atom stereocenters. The van der Waals surface area contributed by atoms with E-state index in [0.717, 1.165) is 42.4 Å². The third kappa shape index (κ3) is 18.3. The van der Waals surface area contributed by atoms with E-state index in [1.54, 1.807) is 45.2 Å². The number of allylic oxidation sites excluding steroid dienone is 3. The van der Waals surface area contributed by atoms with Crippen LogP contribution in [0.4, 0.5) is 10.5 Å². The molecule has 27 nitrogen and oxygen atoms in total. The summed E-state index contributed by atoms with van der Waals surface area (Å²) in [4.78, 5) is 116. The number of hydrazine groups is 1. The predicted molar refractivity (Wildman–Crippen MR) is 331 cm³/mol. The van der Waals surface area contributed by atoms with Gasteiger partial charge < -0.3 is 78.1 Å². The molecule has 0 radical (unpaired) electrons. The molecule has 28 heteroatoms. The minimum absolute atomic E-state index is 0.0128. The summed E-state index contributed by atoms with van der Waals surface area (Å²) < 4.78 is 36.8. The zero-order valence-corrected chi connectivity index (χ0v) is 54.1. The number of anilines is 1. The summed E-state index contributed by atoms with van der Waals surface area (Å²) in [5.74, 6) is -4.89. The number of aliphatic hydroxyl groups is 3. The van der Waals surface area contributed by atoms with E-state index in [1.807, 2.05) is 53.9 Å². The van der Waals surface area contributed by atoms with Crippen molar-refractivity contribution >= 4 is 75.7 Å². The summed E-state index contributed by atoms with van der Waals surface area (Å²) in [6, 6.07) is 12.0. The fourth-order valence-corrected chi connectivity index (χ4v) is 11.4. The molecular weight excluding hydrogens is 1190 g/mol. The number of aromatic nitrogens is 1. The predicted octanol–water partition coefficient (Wildman–Crippen LogP) is 1.75. The second-order valence-electron chi connectivity index (χ2n) is 23.1. The van der Waals surface area contributed by atoms with Gasteiger partial charge in [-0.2, -0.15) is 0 Å². The Morgan fingerprint density at radius 3 is 2.27 bits per heavy atom. The second-order valence-corrected chi connectivity index (χ2v) is 23.4. The number of methoxy groups -OCH3 is 3. The van der Waals surface area contributed by atoms with Gasteiger partial charge in [0.05, 0.1) is 71.3 Å². The Morgan fingerprint density at radius 2 is 1.60 bits per heavy atom. The van der Waals surface area contributed by atoms with Crippen LogP contribution in [-0.2, 0) is 76.8 Å². The van der Waals surface area contributed by atoms with Crippen molar-refractivity contribution in [1.29, 1.82) is 0 Å². The first kappa shape index (κ1) is 71.9. The van der Waals surface area contributed by atoms with Gasteiger partial charge in [-0.05, 0) is 69.5 Å². The number of carbonyl (C=O) groups is 8. The topological polar surface area (TPSA) is 316 Å². The number of epoxide rings is 1. The zero-order chi connectivity index (χ0) is 66.2. The number of carbonyl (C=O) groups excluding carboxylic acids is 8. The number of para-hydroxylation sites is 1. The Hall–Kier alpha value is -7.21. The summed E-state index contributed by atoms with van der Waals surface area (Å²) >= 11 is 6.85. The SMILES string of the molecule is CNN(C)Cc1cc2ccccc2n1CCC(=O)NCC(=O)N(CCO)CC(=O)N(CCOC)CC(=O)N(CCO)CCC(=O)N(C)[C@@H](C)C(=O)O[C@H]1CC(=O)N(C)c2cc(cc(OC)c2Cl)C/C(C)=C/C=C/[C@@H](OC)[C@@]2(O)C[C@H](OC(=O)N2)[C@@H](C)C2O[C@]21C. The summed E-state index contributed by atoms with van der Waals surface area (Å²) in [6.45, 7) is 4.04. The van der Waals surface area contributed by atoms with Gasteiger partial charge in [0, 0.05) is 104 Å². The molecular formula is C62H89ClN10O17. The Labute approximate surface area is 530 Å². The number of aryl methyl sites for hydroxylation is 1. The lowest BCUT2D eigenvalue weighted by molar-refractivity contribution is -0.162. The van der Waals surface area contributed by atoms with Crippen molar-refractivity contribution in [1.82, 2.24) is 45.2 Å². The molecule has 0 saturated carbocycles. The van der Waals surface area contributed by atoms with Crippen molar-refractivity contribution in [2.24, 2.45) is 5.92 Å². The first-order valence-electron chi connectivity index (χ1n) is 29.9. The number of nitrogens with zero attached hydrogens (tertiary/aromatic N) is 7. The highest BCUT2D eigenvalue weighted by atomic mass is 35.5. The highest BCUT2D eigenvalue weighted by Crippen LogP contribution is 2.49. The van der Waals surface area contributed by atoms with Crippen molar-refractivity contribution in [3.63, 3.8) is 0 Å². The van der Waals surface area contributed by atoms with Gasteiger partial charge in [-0.1, -0.05) is 60.5 Å². The molecule has 4 heterocycles. The number of aliphatic hydroxyl groups excluding tert-OH is 2. The normalized spacial score (nSPS) is 23.1. The van der Waals surface area contributed by atoms with Crippen LogP contribution in [0, 0.1) is 5.92 Å². The van der Waals surface area contributed by atoms with E-state index in [9.17, 15) is 53.7 Å². The van der Waals surface area contributed by atoms with E-state index in [-0.39, 0.29) is 57.1 Å². The molecule has 2 saturated heterocycles. The van der Waals surface area contributed by atoms with E-state index in [0.29, 0.717) is 30.9 Å². The molecule has 6 N–H and O–H groups in total. The molecule has 3 aliphatic rings. The van der Waals surface area contributed by atoms with Crippen LogP contribution in [0.3, 0.4) is 0 Å². The van der Waals surface area contributed by atoms with Gasteiger partial charge in [0.2, 0.25) is 35.4 Å². The Morgan fingerprint density at radius 1 is 0.922 bits per heavy atom. The molecule has 1 unspecified atom stereocenters. The van der Waals surface area contributed by atoms with E-state index in [1.165, 1.54) is 52.1 Å². The minimum Gasteiger partial charge on any atom is -0.495 e. The second kappa shape index (κ2) is 32.7. The number of likely N-dealkylation sites (N-methyl/N-ethyl adjacent to an activating group) is 1. The van der Waals surface area contributed by atoms with Crippen LogP contribution in [0.25, 0.3) is 10.9 Å². The molecule has 0 spiro atoms. The number of hydrogen-bond acceptors (Lipinski definition) is 19. The molecule has 2 fully saturated rings. The van der Waals surface area contributed by atoms with Crippen LogP contribution in [-0.4, -0.2) is 249 Å². The molecule has 6 rings (SSSR count). The average molecular weight is 1280 g/mol. The van der Waals surface area contributed by atoms with E-state index < -0.39 is 134 Å². The number of ether oxygens (including phenoxy) is 6. The summed E-state index contributed by atoms with van der Waals surface area (Å²) in [5, 5.41) is 40.1. The lowest BCUT2D eigenvalue weighted by Crippen LogP contribution is -2.63. The van der Waals surface area contributed by atoms with Gasteiger partial charge in [-0.3, -0.25) is 39.5 Å². The fourth-order valence-electron chi connectivity index (χ4n) is 11.1. The summed E-state index contributed by atoms with van der Waals surface area (Å²) in [5.41, 5.74) is 3.58. The first-order chi connectivity index (χ1) is 42.8. The van der Waals surface area contributed by atoms with E-state index in [2.05, 4.69) is 22.1 Å². The molecule has 3 aromatic rings. The van der Waals surface area contributed by atoms with Gasteiger partial charge in [-0.15, -0.1) is 0 Å². The van der Waals surface area contributed by atoms with Crippen molar-refractivity contribution < 1.29 is 82.1 Å². The molecule has 3 aliphatic heterocycles. The number of benzene rings is 2. The maximum absolute atomic E-state index is 14.5. The van der Waals surface area contributed by atoms with Crippen LogP contribution < -0.4 is 25.7 Å². The highest BCUT2D eigenvalue weighted by Gasteiger charge is 2.64. The van der Waals surface area contributed by atoms with E-state index in [4.69, 9.17) is 40.0 Å². The number of nitrogens with one attached hydrogen (secondary N) is 3. The fraction of sp³-hybridized carbons (Fsp3) is 0.581. The Bertz CT molecular complexity index is 3110. The average Bonchev–Trinajstić information content (AvgIpc) is 1.60. The highest BCUT2D eigenvalue weighted by molar-refractivity contribution is 6.35. The van der Waals surface area contributed by atoms with Gasteiger partial charge in [-0.25, -0.2) is 14.6 Å². The van der Waals surface area contributed by atoms with Crippen LogP contribution in [0.1, 0.15) is 64.6 Å². The molecule has 496 valence electrons. The quantitative estimate of drug-likeness (QED) is 0.0360. The number of rotatable bonds is 27. The number of esters is 1. The summed E-state index contributed by atoms with van der Waals surface area (Å²) in [7, 11) is 10.8. The lowest BCUT2D eigenvalue weighted by Gasteiger charge is -2.42. The smallest absolute Gasteiger partial charge is 0.409 e. The van der Waals surface area contributed by atoms with Crippen molar-refractivity contribution in [3.05, 3.63) is 82.5 Å². The number of amides is 7. The third-order valence-electron chi connectivity index (χ3n) is 16.8. The largest absolute Gasteiger partial charge is 0.495 e. The molecule has 90 heavy (non-hydrogen) atoms. The van der Waals surface area contributed by atoms with Crippen LogP contribution >= 0.6 is 11.6 Å². The minimum atomic E-state index is -1.93. The van der Waals surface area contributed by atoms with Crippen LogP contribution in [0.2, 0.25) is 5.02 Å². The monoisotopic (exact) mass is 1280 g/mol. The number of fused-ring (bicyclic) bond motifs is 6. The maximum Gasteiger partial charge on any atom is 0.409 e. The van der Waals surface area contributed by atoms with Gasteiger partial charge in [0.25, 0.3) is 0 Å². The number of alkyl carbamates (subject to hydrolysis) is 1. The van der Waals surface area contributed by atoms with Gasteiger partial charge in [0.1, 0.15) is 40.7 Å². The third-order valence-corrected chi connectivity index (χ3v) is 17.2. The Kier molecular flexibility index (Phi) is 26.1. The van der Waals surface area contributed by atoms with Crippen molar-refractivity contribution in [3.8, 4) is 5.75 Å². The van der Waals surface area contributed by atoms with Gasteiger partial charge in [0.15, 0.2) is 5.72 Å². The standard InChI is InChI=1S/C62H89ClN10O17/c1-39-15-14-18-49(87-11)62(84)34-48(88-60(83)66-62)40(2)58-61(4,90-58)50(33-53(78)69(8)46-30-42(29-39)31-47(86-10)57(46)63)89-59(82)41(3)68(7)52(77)20-21-70(23-26-74)55(80)37-72(25-28-85-9)56(81)38-71(24-27-75)54(79)35-65-51(76)19-22-73-44(36-67(6)64-5)32-43-16-12-13-17-45(43)73/h12-18,30-32,40-41,48-50,58,64,74-75,84H,19-29,33-38H2,1-11H3,(H,65,76)(H,66,83)/b18-14+,39-15+/t40-,41+,48+,49-,50+,58?,61+,62+/m1/s1. The molecule has 1 aromatic heterocycles. The lowest BCUT2D eigenvalue weighted by atomic mass is 9.83. The van der Waals surface area contributed by atoms with Gasteiger partial charge >= 0.3 is 12.1 Å². The van der Waals surface area contributed by atoms with Crippen molar-refractivity contribution in [2.45, 2.75) is 115 Å². The first-order valence-corrected chi connectivity index (χ1v) is 30.3. The van der Waals surface area contributed by atoms with Crippen molar-refractivity contribution in [2.75, 3.05) is 120 Å². The Balaban J connectivity index is 1.11. The molecule has 0 aliphatic carbocycles. The summed E-state index contributed by atoms with van der Waals surface area (Å²) in [6.07, 6.45) is -0.428. The maximum atomic E-state index is 14.5.